The molecular weight excluding hydrogens is 574 g/mol. The molecule has 35 heavy (non-hydrogen) atoms. The summed E-state index contributed by atoms with van der Waals surface area (Å²) in [4.78, 5) is 25.0. The SMILES string of the molecule is Cc1ccccc1NC(=O)COc1c(Br)cc(/C=C(/C#N)C(=O)Nc2cccc(C)c2C)cc1Br. The lowest BCUT2D eigenvalue weighted by molar-refractivity contribution is -0.118. The summed E-state index contributed by atoms with van der Waals surface area (Å²) in [6.45, 7) is 5.59. The van der Waals surface area contributed by atoms with E-state index in [1.54, 1.807) is 18.2 Å². The second-order valence-corrected chi connectivity index (χ2v) is 9.55. The van der Waals surface area contributed by atoms with Crippen molar-refractivity contribution in [3.05, 3.63) is 91.4 Å². The Bertz CT molecular complexity index is 1340. The van der Waals surface area contributed by atoms with Crippen LogP contribution in [0.1, 0.15) is 22.3 Å². The molecule has 0 heterocycles. The van der Waals surface area contributed by atoms with Crippen molar-refractivity contribution in [3.8, 4) is 11.8 Å². The quantitative estimate of drug-likeness (QED) is 0.234. The number of nitrogens with zero attached hydrogens (tertiary/aromatic N) is 1. The molecule has 178 valence electrons. The number of aryl methyl sites for hydroxylation is 2. The zero-order chi connectivity index (χ0) is 25.5. The Kier molecular flexibility index (Phi) is 8.85. The van der Waals surface area contributed by atoms with E-state index in [1.165, 1.54) is 6.08 Å². The van der Waals surface area contributed by atoms with Crippen LogP contribution in [0.2, 0.25) is 0 Å². The van der Waals surface area contributed by atoms with Gasteiger partial charge in [0.05, 0.1) is 8.95 Å². The van der Waals surface area contributed by atoms with E-state index in [0.717, 1.165) is 22.4 Å². The fraction of sp³-hybridized carbons (Fsp3) is 0.148. The molecule has 2 amide bonds. The van der Waals surface area contributed by atoms with Gasteiger partial charge in [0.2, 0.25) is 0 Å². The molecule has 0 atom stereocenters. The molecule has 0 bridgehead atoms. The van der Waals surface area contributed by atoms with Crippen molar-refractivity contribution in [2.45, 2.75) is 20.8 Å². The van der Waals surface area contributed by atoms with Crippen molar-refractivity contribution in [1.29, 1.82) is 5.26 Å². The first-order chi connectivity index (χ1) is 16.7. The number of carbonyl (C=O) groups excluding carboxylic acids is 2. The number of hydrogen-bond acceptors (Lipinski definition) is 4. The number of hydrogen-bond donors (Lipinski definition) is 2. The normalized spacial score (nSPS) is 10.9. The summed E-state index contributed by atoms with van der Waals surface area (Å²) in [5.41, 5.74) is 4.88. The molecule has 0 aliphatic carbocycles. The van der Waals surface area contributed by atoms with Crippen LogP contribution >= 0.6 is 31.9 Å². The van der Waals surface area contributed by atoms with Gasteiger partial charge in [-0.15, -0.1) is 0 Å². The number of carbonyl (C=O) groups is 2. The predicted molar refractivity (Wildman–Crippen MR) is 145 cm³/mol. The van der Waals surface area contributed by atoms with Crippen molar-refractivity contribution in [2.75, 3.05) is 17.2 Å². The summed E-state index contributed by atoms with van der Waals surface area (Å²) in [5, 5.41) is 15.2. The third kappa shape index (κ3) is 6.81. The van der Waals surface area contributed by atoms with Gasteiger partial charge >= 0.3 is 0 Å². The van der Waals surface area contributed by atoms with Crippen LogP contribution in [0.25, 0.3) is 6.08 Å². The van der Waals surface area contributed by atoms with E-state index in [-0.39, 0.29) is 18.1 Å². The molecule has 3 rings (SSSR count). The molecule has 0 saturated heterocycles. The van der Waals surface area contributed by atoms with Gasteiger partial charge < -0.3 is 15.4 Å². The van der Waals surface area contributed by atoms with Crippen LogP contribution in [-0.2, 0) is 9.59 Å². The first-order valence-corrected chi connectivity index (χ1v) is 12.2. The molecule has 0 spiro atoms. The summed E-state index contributed by atoms with van der Waals surface area (Å²) < 4.78 is 6.84. The van der Waals surface area contributed by atoms with E-state index in [1.807, 2.05) is 63.2 Å². The van der Waals surface area contributed by atoms with E-state index < -0.39 is 5.91 Å². The number of amides is 2. The van der Waals surface area contributed by atoms with Crippen molar-refractivity contribution < 1.29 is 14.3 Å². The van der Waals surface area contributed by atoms with E-state index in [4.69, 9.17) is 4.74 Å². The maximum absolute atomic E-state index is 12.7. The zero-order valence-electron chi connectivity index (χ0n) is 19.4. The molecule has 6 nitrogen and oxygen atoms in total. The van der Waals surface area contributed by atoms with Crippen LogP contribution in [0, 0.1) is 32.1 Å². The van der Waals surface area contributed by atoms with Crippen molar-refractivity contribution >= 4 is 61.1 Å². The van der Waals surface area contributed by atoms with E-state index in [9.17, 15) is 14.9 Å². The van der Waals surface area contributed by atoms with Crippen LogP contribution in [0.4, 0.5) is 11.4 Å². The Labute approximate surface area is 221 Å². The minimum atomic E-state index is -0.498. The minimum absolute atomic E-state index is 0.0454. The molecule has 0 fully saturated rings. The lowest BCUT2D eigenvalue weighted by Gasteiger charge is -2.13. The van der Waals surface area contributed by atoms with Crippen LogP contribution in [0.15, 0.2) is 69.1 Å². The second kappa shape index (κ2) is 11.8. The van der Waals surface area contributed by atoms with Gasteiger partial charge in [-0.25, -0.2) is 0 Å². The van der Waals surface area contributed by atoms with Crippen LogP contribution < -0.4 is 15.4 Å². The average molecular weight is 597 g/mol. The van der Waals surface area contributed by atoms with Crippen LogP contribution in [0.3, 0.4) is 0 Å². The summed E-state index contributed by atoms with van der Waals surface area (Å²) >= 11 is 6.89. The Morgan fingerprint density at radius 3 is 2.23 bits per heavy atom. The van der Waals surface area contributed by atoms with Crippen LogP contribution in [0.5, 0.6) is 5.75 Å². The standard InChI is InChI=1S/C27H23Br2N3O3/c1-16-8-6-10-24(18(16)3)32-27(34)20(14-30)11-19-12-21(28)26(22(29)13-19)35-15-25(33)31-23-9-5-4-7-17(23)2/h4-13H,15H2,1-3H3,(H,31,33)(H,32,34)/b20-11-. The molecule has 2 N–H and O–H groups in total. The summed E-state index contributed by atoms with van der Waals surface area (Å²) in [5.74, 6) is -0.362. The molecule has 0 unspecified atom stereocenters. The minimum Gasteiger partial charge on any atom is -0.481 e. The highest BCUT2D eigenvalue weighted by Gasteiger charge is 2.15. The van der Waals surface area contributed by atoms with Crippen molar-refractivity contribution in [3.63, 3.8) is 0 Å². The highest BCUT2D eigenvalue weighted by atomic mass is 79.9. The highest BCUT2D eigenvalue weighted by molar-refractivity contribution is 9.11. The van der Waals surface area contributed by atoms with Gasteiger partial charge in [0.1, 0.15) is 17.4 Å². The van der Waals surface area contributed by atoms with Gasteiger partial charge in [0, 0.05) is 11.4 Å². The Hall–Kier alpha value is -3.41. The summed E-state index contributed by atoms with van der Waals surface area (Å²) in [6, 6.07) is 18.5. The largest absolute Gasteiger partial charge is 0.481 e. The number of ether oxygens (including phenoxy) is 1. The fourth-order valence-corrected chi connectivity index (χ4v) is 4.68. The second-order valence-electron chi connectivity index (χ2n) is 7.84. The zero-order valence-corrected chi connectivity index (χ0v) is 22.6. The summed E-state index contributed by atoms with van der Waals surface area (Å²) in [7, 11) is 0. The first kappa shape index (κ1) is 26.2. The Balaban J connectivity index is 1.72. The van der Waals surface area contributed by atoms with Crippen molar-refractivity contribution in [2.24, 2.45) is 0 Å². The Morgan fingerprint density at radius 2 is 1.57 bits per heavy atom. The van der Waals surface area contributed by atoms with Gasteiger partial charge in [-0.1, -0.05) is 30.3 Å². The monoisotopic (exact) mass is 595 g/mol. The van der Waals surface area contributed by atoms with Gasteiger partial charge in [0.15, 0.2) is 6.61 Å². The first-order valence-electron chi connectivity index (χ1n) is 10.7. The third-order valence-corrected chi connectivity index (χ3v) is 6.49. The molecular formula is C27H23Br2N3O3. The maximum Gasteiger partial charge on any atom is 0.266 e. The van der Waals surface area contributed by atoms with E-state index in [0.29, 0.717) is 25.9 Å². The average Bonchev–Trinajstić information content (AvgIpc) is 2.81. The molecule has 3 aromatic carbocycles. The third-order valence-electron chi connectivity index (χ3n) is 5.32. The Morgan fingerprint density at radius 1 is 0.943 bits per heavy atom. The number of rotatable bonds is 7. The van der Waals surface area contributed by atoms with E-state index in [2.05, 4.69) is 42.5 Å². The maximum atomic E-state index is 12.7. The molecule has 0 aromatic heterocycles. The van der Waals surface area contributed by atoms with Gasteiger partial charge in [-0.3, -0.25) is 9.59 Å². The molecule has 0 aliphatic heterocycles. The predicted octanol–water partition coefficient (Wildman–Crippen LogP) is 6.70. The van der Waals surface area contributed by atoms with Crippen molar-refractivity contribution in [1.82, 2.24) is 0 Å². The number of benzene rings is 3. The van der Waals surface area contributed by atoms with Gasteiger partial charge in [-0.05, 0) is 105 Å². The van der Waals surface area contributed by atoms with E-state index >= 15 is 0 Å². The molecule has 0 saturated carbocycles. The lowest BCUT2D eigenvalue weighted by atomic mass is 10.1. The number of nitrogens with one attached hydrogen (secondary N) is 2. The lowest BCUT2D eigenvalue weighted by Crippen LogP contribution is -2.20. The molecule has 8 heteroatoms. The van der Waals surface area contributed by atoms with Crippen LogP contribution in [-0.4, -0.2) is 18.4 Å². The molecule has 0 aliphatic rings. The highest BCUT2D eigenvalue weighted by Crippen LogP contribution is 2.35. The number of para-hydroxylation sites is 1. The number of halogens is 2. The molecule has 0 radical (unpaired) electrons. The number of nitriles is 1. The van der Waals surface area contributed by atoms with Gasteiger partial charge in [-0.2, -0.15) is 5.26 Å². The molecule has 3 aromatic rings. The fourth-order valence-electron chi connectivity index (χ4n) is 3.23. The smallest absolute Gasteiger partial charge is 0.266 e. The topological polar surface area (TPSA) is 91.2 Å². The number of anilines is 2. The summed E-state index contributed by atoms with van der Waals surface area (Å²) in [6.07, 6.45) is 1.49. The van der Waals surface area contributed by atoms with Gasteiger partial charge in [0.25, 0.3) is 11.8 Å².